The fourth-order valence-electron chi connectivity index (χ4n) is 1.42. The zero-order valence-corrected chi connectivity index (χ0v) is 10.6. The van der Waals surface area contributed by atoms with Gasteiger partial charge in [-0.25, -0.2) is 9.37 Å². The van der Waals surface area contributed by atoms with E-state index in [1.807, 2.05) is 6.92 Å². The Morgan fingerprint density at radius 2 is 2.32 bits per heavy atom. The summed E-state index contributed by atoms with van der Waals surface area (Å²) < 4.78 is 19.9. The van der Waals surface area contributed by atoms with Crippen molar-refractivity contribution < 1.29 is 13.9 Å². The highest BCUT2D eigenvalue weighted by Crippen LogP contribution is 2.18. The van der Waals surface area contributed by atoms with Crippen LogP contribution >= 0.6 is 0 Å². The molecule has 1 heterocycles. The van der Waals surface area contributed by atoms with Crippen molar-refractivity contribution in [3.8, 4) is 5.75 Å². The lowest BCUT2D eigenvalue weighted by atomic mass is 10.2. The van der Waals surface area contributed by atoms with E-state index in [9.17, 15) is 9.18 Å². The van der Waals surface area contributed by atoms with Crippen LogP contribution in [0.1, 0.15) is 5.56 Å². The van der Waals surface area contributed by atoms with E-state index in [2.05, 4.69) is 15.4 Å². The first-order valence-electron chi connectivity index (χ1n) is 5.59. The highest BCUT2D eigenvalue weighted by molar-refractivity contribution is 5.90. The lowest BCUT2D eigenvalue weighted by molar-refractivity contribution is -0.118. The second kappa shape index (κ2) is 5.47. The van der Waals surface area contributed by atoms with Gasteiger partial charge in [0, 0.05) is 7.05 Å². The van der Waals surface area contributed by atoms with E-state index in [1.165, 1.54) is 23.1 Å². The predicted molar refractivity (Wildman–Crippen MR) is 66.3 cm³/mol. The number of hydrogen-bond donors (Lipinski definition) is 1. The standard InChI is InChI=1S/C12H13FN4O2/c1-8-3-4-9(13)10(5-8)19-6-11(18)15-12-14-7-17(2)16-12/h3-5,7H,6H2,1-2H3,(H,15,16,18). The first-order valence-corrected chi connectivity index (χ1v) is 5.59. The smallest absolute Gasteiger partial charge is 0.264 e. The lowest BCUT2D eigenvalue weighted by Crippen LogP contribution is -2.21. The molecule has 1 amide bonds. The number of carbonyl (C=O) groups is 1. The van der Waals surface area contributed by atoms with Gasteiger partial charge in [0.15, 0.2) is 18.2 Å². The van der Waals surface area contributed by atoms with Crippen molar-refractivity contribution in [3.63, 3.8) is 0 Å². The summed E-state index contributed by atoms with van der Waals surface area (Å²) in [6.45, 7) is 1.50. The molecule has 0 radical (unpaired) electrons. The molecule has 0 atom stereocenters. The molecule has 2 rings (SSSR count). The summed E-state index contributed by atoms with van der Waals surface area (Å²) >= 11 is 0. The zero-order chi connectivity index (χ0) is 13.8. The van der Waals surface area contributed by atoms with Crippen LogP contribution in [0.2, 0.25) is 0 Å². The van der Waals surface area contributed by atoms with E-state index in [0.717, 1.165) is 5.56 Å². The fraction of sp³-hybridized carbons (Fsp3) is 0.250. The van der Waals surface area contributed by atoms with Gasteiger partial charge in [-0.05, 0) is 24.6 Å². The number of nitrogens with one attached hydrogen (secondary N) is 1. The van der Waals surface area contributed by atoms with Gasteiger partial charge >= 0.3 is 0 Å². The van der Waals surface area contributed by atoms with Gasteiger partial charge in [-0.3, -0.25) is 14.8 Å². The molecule has 7 heteroatoms. The van der Waals surface area contributed by atoms with Crippen LogP contribution in [0.4, 0.5) is 10.3 Å². The third-order valence-electron chi connectivity index (χ3n) is 2.30. The van der Waals surface area contributed by atoms with Crippen LogP contribution < -0.4 is 10.1 Å². The average molecular weight is 264 g/mol. The summed E-state index contributed by atoms with van der Waals surface area (Å²) in [4.78, 5) is 15.4. The molecule has 0 bridgehead atoms. The Labute approximate surface area is 109 Å². The van der Waals surface area contributed by atoms with Gasteiger partial charge < -0.3 is 4.74 Å². The Hall–Kier alpha value is -2.44. The second-order valence-corrected chi connectivity index (χ2v) is 4.01. The van der Waals surface area contributed by atoms with Gasteiger partial charge in [-0.1, -0.05) is 6.07 Å². The minimum Gasteiger partial charge on any atom is -0.481 e. The van der Waals surface area contributed by atoms with Crippen LogP contribution in [0.5, 0.6) is 5.75 Å². The van der Waals surface area contributed by atoms with Crippen LogP contribution in [-0.2, 0) is 11.8 Å². The summed E-state index contributed by atoms with van der Waals surface area (Å²) in [6.07, 6.45) is 1.46. The highest BCUT2D eigenvalue weighted by atomic mass is 19.1. The third-order valence-corrected chi connectivity index (χ3v) is 2.30. The van der Waals surface area contributed by atoms with Crippen LogP contribution in [0.15, 0.2) is 24.5 Å². The Morgan fingerprint density at radius 3 is 3.00 bits per heavy atom. The molecule has 0 unspecified atom stereocenters. The fourth-order valence-corrected chi connectivity index (χ4v) is 1.42. The molecule has 0 aliphatic carbocycles. The number of hydrogen-bond acceptors (Lipinski definition) is 4. The molecule has 1 aromatic heterocycles. The predicted octanol–water partition coefficient (Wildman–Crippen LogP) is 1.28. The Balaban J connectivity index is 1.91. The van der Waals surface area contributed by atoms with Crippen LogP contribution in [0.3, 0.4) is 0 Å². The Bertz CT molecular complexity index is 597. The topological polar surface area (TPSA) is 69.0 Å². The van der Waals surface area contributed by atoms with Crippen molar-refractivity contribution in [2.45, 2.75) is 6.92 Å². The molecule has 0 saturated carbocycles. The molecular weight excluding hydrogens is 251 g/mol. The van der Waals surface area contributed by atoms with E-state index in [4.69, 9.17) is 4.74 Å². The molecule has 0 aliphatic heterocycles. The first kappa shape index (κ1) is 13.0. The van der Waals surface area contributed by atoms with Crippen molar-refractivity contribution in [2.24, 2.45) is 7.05 Å². The summed E-state index contributed by atoms with van der Waals surface area (Å²) in [5, 5.41) is 6.32. The van der Waals surface area contributed by atoms with Gasteiger partial charge in [0.1, 0.15) is 6.33 Å². The normalized spacial score (nSPS) is 10.3. The molecular formula is C12H13FN4O2. The number of nitrogens with zero attached hydrogens (tertiary/aromatic N) is 3. The largest absolute Gasteiger partial charge is 0.481 e. The monoisotopic (exact) mass is 264 g/mol. The Morgan fingerprint density at radius 1 is 1.53 bits per heavy atom. The summed E-state index contributed by atoms with van der Waals surface area (Å²) in [5.41, 5.74) is 0.850. The number of aryl methyl sites for hydroxylation is 2. The molecule has 2 aromatic rings. The molecule has 0 spiro atoms. The van der Waals surface area contributed by atoms with Crippen LogP contribution in [0, 0.1) is 12.7 Å². The van der Waals surface area contributed by atoms with Crippen LogP contribution in [-0.4, -0.2) is 27.3 Å². The number of benzene rings is 1. The number of rotatable bonds is 4. The van der Waals surface area contributed by atoms with Gasteiger partial charge in [-0.2, -0.15) is 0 Å². The molecule has 6 nitrogen and oxygen atoms in total. The number of carbonyl (C=O) groups excluding carboxylic acids is 1. The maximum Gasteiger partial charge on any atom is 0.264 e. The quantitative estimate of drug-likeness (QED) is 0.903. The Kier molecular flexibility index (Phi) is 3.74. The van der Waals surface area contributed by atoms with E-state index >= 15 is 0 Å². The maximum absolute atomic E-state index is 13.4. The van der Waals surface area contributed by atoms with Gasteiger partial charge in [0.05, 0.1) is 0 Å². The van der Waals surface area contributed by atoms with Crippen molar-refractivity contribution in [3.05, 3.63) is 35.9 Å². The number of aromatic nitrogens is 3. The van der Waals surface area contributed by atoms with E-state index in [0.29, 0.717) is 0 Å². The highest BCUT2D eigenvalue weighted by Gasteiger charge is 2.09. The van der Waals surface area contributed by atoms with E-state index in [-0.39, 0.29) is 18.3 Å². The van der Waals surface area contributed by atoms with E-state index in [1.54, 1.807) is 13.1 Å². The van der Waals surface area contributed by atoms with Crippen molar-refractivity contribution in [1.29, 1.82) is 0 Å². The molecule has 100 valence electrons. The van der Waals surface area contributed by atoms with Gasteiger partial charge in [0.2, 0.25) is 5.95 Å². The number of ether oxygens (including phenoxy) is 1. The number of anilines is 1. The van der Waals surface area contributed by atoms with Crippen molar-refractivity contribution in [2.75, 3.05) is 11.9 Å². The minimum absolute atomic E-state index is 0.0455. The van der Waals surface area contributed by atoms with Crippen molar-refractivity contribution in [1.82, 2.24) is 14.8 Å². The lowest BCUT2D eigenvalue weighted by Gasteiger charge is -2.07. The summed E-state index contributed by atoms with van der Waals surface area (Å²) in [7, 11) is 1.68. The molecule has 0 fully saturated rings. The molecule has 1 aromatic carbocycles. The number of amides is 1. The van der Waals surface area contributed by atoms with Crippen molar-refractivity contribution >= 4 is 11.9 Å². The second-order valence-electron chi connectivity index (χ2n) is 4.01. The summed E-state index contributed by atoms with van der Waals surface area (Å²) in [6, 6.07) is 4.45. The molecule has 0 aliphatic rings. The molecule has 0 saturated heterocycles. The average Bonchev–Trinajstić information content (AvgIpc) is 2.76. The van der Waals surface area contributed by atoms with Gasteiger partial charge in [0.25, 0.3) is 5.91 Å². The van der Waals surface area contributed by atoms with Gasteiger partial charge in [-0.15, -0.1) is 5.10 Å². The molecule has 19 heavy (non-hydrogen) atoms. The summed E-state index contributed by atoms with van der Waals surface area (Å²) in [5.74, 6) is -0.730. The number of halogens is 1. The first-order chi connectivity index (χ1) is 9.04. The maximum atomic E-state index is 13.4. The SMILES string of the molecule is Cc1ccc(F)c(OCC(=O)Nc2ncn(C)n2)c1. The zero-order valence-electron chi connectivity index (χ0n) is 10.6. The third kappa shape index (κ3) is 3.51. The van der Waals surface area contributed by atoms with Crippen LogP contribution in [0.25, 0.3) is 0 Å². The molecule has 1 N–H and O–H groups in total. The minimum atomic E-state index is -0.505. The van der Waals surface area contributed by atoms with E-state index < -0.39 is 11.7 Å².